The lowest BCUT2D eigenvalue weighted by molar-refractivity contribution is -0.117. The first-order chi connectivity index (χ1) is 44.2. The Morgan fingerprint density at radius 1 is 0.402 bits per heavy atom. The Balaban J connectivity index is 0.000000168. The minimum absolute atomic E-state index is 0.00554. The summed E-state index contributed by atoms with van der Waals surface area (Å²) in [5.74, 6) is 1.14. The number of hydrogen-bond acceptors (Lipinski definition) is 7. The monoisotopic (exact) mass is 1690 g/mol. The third-order valence-electron chi connectivity index (χ3n) is 17.7. The van der Waals surface area contributed by atoms with E-state index in [2.05, 4.69) is 158 Å². The maximum atomic E-state index is 14.2. The largest absolute Gasteiger partial charge is 0.321 e. The van der Waals surface area contributed by atoms with Crippen LogP contribution in [0.2, 0.25) is 0 Å². The lowest BCUT2D eigenvalue weighted by atomic mass is 9.96. The number of carbonyl (C=O) groups is 7. The van der Waals surface area contributed by atoms with E-state index < -0.39 is 0 Å². The molecule has 3 amide bonds. The molecule has 0 fully saturated rings. The zero-order valence-electron chi connectivity index (χ0n) is 53.0. The summed E-state index contributed by atoms with van der Waals surface area (Å²) in [4.78, 5) is 90.3. The molecule has 92 heavy (non-hydrogen) atoms. The zero-order chi connectivity index (χ0) is 66.5. The minimum atomic E-state index is -0.350. The van der Waals surface area contributed by atoms with Gasteiger partial charge in [0.05, 0.1) is 33.8 Å². The zero-order valence-corrected chi connectivity index (χ0v) is 64.1. The summed E-state index contributed by atoms with van der Waals surface area (Å²) >= 11 is 24.2. The van der Waals surface area contributed by atoms with Crippen molar-refractivity contribution >= 4 is 192 Å². The lowest BCUT2D eigenvalue weighted by Gasteiger charge is -2.24. The van der Waals surface area contributed by atoms with Gasteiger partial charge in [-0.2, -0.15) is 0 Å². The van der Waals surface area contributed by atoms with Crippen LogP contribution in [0.1, 0.15) is 173 Å². The number of rotatable bonds is 17. The molecule has 3 unspecified atom stereocenters. The van der Waals surface area contributed by atoms with Crippen molar-refractivity contribution < 1.29 is 33.6 Å². The molecule has 0 saturated heterocycles. The van der Waals surface area contributed by atoms with Crippen molar-refractivity contribution in [3.8, 4) is 0 Å². The maximum Gasteiger partial charge on any atom is 0.259 e. The third-order valence-corrected chi connectivity index (χ3v) is 21.6. The Morgan fingerprint density at radius 3 is 1.29 bits per heavy atom. The van der Waals surface area contributed by atoms with Gasteiger partial charge in [0.25, 0.3) is 17.7 Å². The van der Waals surface area contributed by atoms with Gasteiger partial charge in [-0.25, -0.2) is 0 Å². The number of anilines is 3. The Labute approximate surface area is 601 Å². The van der Waals surface area contributed by atoms with Gasteiger partial charge in [0.2, 0.25) is 11.6 Å². The van der Waals surface area contributed by atoms with Gasteiger partial charge in [-0.1, -0.05) is 241 Å². The van der Waals surface area contributed by atoms with Crippen LogP contribution in [0, 0.1) is 17.8 Å². The highest BCUT2D eigenvalue weighted by atomic mass is 79.9. The summed E-state index contributed by atoms with van der Waals surface area (Å²) in [5, 5.41) is 4.02. The second kappa shape index (κ2) is 34.3. The van der Waals surface area contributed by atoms with Gasteiger partial charge >= 0.3 is 0 Å². The fourth-order valence-electron chi connectivity index (χ4n) is 12.5. The van der Waals surface area contributed by atoms with Crippen molar-refractivity contribution in [2.24, 2.45) is 17.8 Å². The number of nitrogens with one attached hydrogen (secondary N) is 1. The van der Waals surface area contributed by atoms with Crippen molar-refractivity contribution in [3.63, 3.8) is 0 Å². The molecular weight excluding hydrogens is 1610 g/mol. The predicted octanol–water partition coefficient (Wildman–Crippen LogP) is 20.9. The van der Waals surface area contributed by atoms with E-state index in [0.29, 0.717) is 77.8 Å². The molecule has 6 aromatic rings. The van der Waals surface area contributed by atoms with E-state index in [0.717, 1.165) is 135 Å². The van der Waals surface area contributed by atoms with Crippen molar-refractivity contribution in [2.75, 3.05) is 33.5 Å². The third kappa shape index (κ3) is 17.6. The normalized spacial score (nSPS) is 17.2. The SMILES string of the molecule is CCCCC(CC)CBr.CCCCC(CC)CN1C(=O)/C(=C2/C(=O)N(CC(CC)CCCC)c3cc(Br)ccc32)c2ccc(Br)cc21.O=C1Cc2cc(Br)ccc2/C1=C1\C(=O)Nc2cc(Br)ccc21.O=C1Cc2cc(Br)ccc2C1=O.O=C1Cc2ccc(Br)cc2C1. The Hall–Kier alpha value is -4.75. The molecule has 6 aromatic carbocycles. The topological polar surface area (TPSA) is 138 Å². The van der Waals surface area contributed by atoms with Gasteiger partial charge in [-0.15, -0.1) is 0 Å². The van der Waals surface area contributed by atoms with Crippen LogP contribution in [0.5, 0.6) is 0 Å². The molecule has 3 heterocycles. The quantitative estimate of drug-likeness (QED) is 0.0545. The molecule has 3 atom stereocenters. The van der Waals surface area contributed by atoms with Crippen LogP contribution >= 0.6 is 112 Å². The molecule has 17 heteroatoms. The average Bonchev–Trinajstić information content (AvgIpc) is 1.62. The van der Waals surface area contributed by atoms with Crippen LogP contribution in [0.4, 0.5) is 17.1 Å². The standard InChI is InChI=1S/C32H40Br2N2O2.C17H9Br2NO2.C9H5BrO2.C9H7BrO.C8H17Br/c1-5-9-11-21(7-3)19-35-27-17-23(33)13-15-25(27)29(31(35)37)30-26-16-14-24(34)18-28(26)36(32(30)38)20-22(8-4)12-10-6-2;18-9-1-3-11-8(5-9)6-14(21)15(11)16-12-4-2-10(19)7-13(12)20-17(16)22;10-6-1-2-7-5(3-6)4-8(11)9(7)12;10-8-2-1-6-4-9(11)5-7(6)3-8;1-3-5-6-8(4-2)7-9/h13-18,21-22H,5-12,19-20H2,1-4H3;1-5,7H,6H2,(H,20,22);1-3H,4H2;1-3H,4-5H2;8H,3-7H2,1-2H3/b30-29+;16-15+;;;. The first-order valence-electron chi connectivity index (χ1n) is 32.0. The Bertz CT molecular complexity index is 3700. The van der Waals surface area contributed by atoms with E-state index in [1.807, 2.05) is 107 Å². The second-order valence-electron chi connectivity index (χ2n) is 24.1. The molecule has 0 bridgehead atoms. The van der Waals surface area contributed by atoms with Crippen molar-refractivity contribution in [1.82, 2.24) is 0 Å². The van der Waals surface area contributed by atoms with Crippen LogP contribution < -0.4 is 15.1 Å². The Kier molecular flexibility index (Phi) is 27.2. The fourth-order valence-corrected chi connectivity index (χ4v) is 15.5. The first kappa shape index (κ1) is 73.1. The maximum absolute atomic E-state index is 14.2. The van der Waals surface area contributed by atoms with Crippen molar-refractivity contribution in [3.05, 3.63) is 186 Å². The minimum Gasteiger partial charge on any atom is -0.321 e. The second-order valence-corrected chi connectivity index (χ2v) is 30.3. The molecule has 484 valence electrons. The summed E-state index contributed by atoms with van der Waals surface area (Å²) in [6, 6.07) is 34.6. The number of alkyl halides is 1. The first-order valence-corrected chi connectivity index (χ1v) is 37.9. The molecule has 12 rings (SSSR count). The summed E-state index contributed by atoms with van der Waals surface area (Å²) in [5.41, 5.74) is 12.7. The summed E-state index contributed by atoms with van der Waals surface area (Å²) in [6.45, 7) is 14.7. The number of Topliss-reactive ketones (excluding diaryl/α,β-unsaturated/α-hetero) is 4. The molecular formula is C75H78Br7N3O7. The molecule has 0 aromatic heterocycles. The van der Waals surface area contributed by atoms with Crippen LogP contribution in [0.15, 0.2) is 136 Å². The lowest BCUT2D eigenvalue weighted by Crippen LogP contribution is -2.34. The number of unbranched alkanes of at least 4 members (excludes halogenated alkanes) is 3. The van der Waals surface area contributed by atoms with Crippen molar-refractivity contribution in [1.29, 1.82) is 0 Å². The fraction of sp³-hybridized carbons (Fsp3) is 0.373. The summed E-state index contributed by atoms with van der Waals surface area (Å²) in [6.07, 6.45) is 16.2. The summed E-state index contributed by atoms with van der Waals surface area (Å²) < 4.78 is 5.67. The van der Waals surface area contributed by atoms with E-state index in [4.69, 9.17) is 0 Å². The number of hydrogen-bond donors (Lipinski definition) is 1. The number of halogens is 7. The van der Waals surface area contributed by atoms with E-state index in [1.165, 1.54) is 42.1 Å². The van der Waals surface area contributed by atoms with Gasteiger partial charge in [0.15, 0.2) is 5.78 Å². The molecule has 0 radical (unpaired) electrons. The van der Waals surface area contributed by atoms with E-state index in [9.17, 15) is 33.6 Å². The van der Waals surface area contributed by atoms with E-state index in [-0.39, 0.29) is 41.5 Å². The smallest absolute Gasteiger partial charge is 0.259 e. The van der Waals surface area contributed by atoms with Gasteiger partial charge < -0.3 is 15.1 Å². The Morgan fingerprint density at radius 2 is 0.804 bits per heavy atom. The van der Waals surface area contributed by atoms with Gasteiger partial charge in [0.1, 0.15) is 5.78 Å². The average molecular weight is 1690 g/mol. The number of fused-ring (bicyclic) bond motifs is 6. The molecule has 0 spiro atoms. The van der Waals surface area contributed by atoms with E-state index >= 15 is 0 Å². The van der Waals surface area contributed by atoms with Crippen LogP contribution in [-0.2, 0) is 54.5 Å². The summed E-state index contributed by atoms with van der Waals surface area (Å²) in [7, 11) is 0. The molecule has 10 nitrogen and oxygen atoms in total. The van der Waals surface area contributed by atoms with E-state index in [1.54, 1.807) is 12.1 Å². The van der Waals surface area contributed by atoms with Gasteiger partial charge in [-0.3, -0.25) is 33.6 Å². The predicted molar refractivity (Wildman–Crippen MR) is 400 cm³/mol. The number of benzene rings is 6. The van der Waals surface area contributed by atoms with Crippen molar-refractivity contribution in [2.45, 2.75) is 144 Å². The van der Waals surface area contributed by atoms with Crippen LogP contribution in [-0.4, -0.2) is 59.3 Å². The van der Waals surface area contributed by atoms with Gasteiger partial charge in [0, 0.05) is 98.8 Å². The molecule has 3 aliphatic carbocycles. The number of amides is 3. The molecule has 3 aliphatic heterocycles. The highest BCUT2D eigenvalue weighted by Gasteiger charge is 2.43. The number of nitrogens with zero attached hydrogens (tertiary/aromatic N) is 2. The molecule has 0 saturated carbocycles. The number of ketones is 4. The van der Waals surface area contributed by atoms with Crippen LogP contribution in [0.3, 0.4) is 0 Å². The number of allylic oxidation sites excluding steroid dienone is 1. The van der Waals surface area contributed by atoms with Crippen LogP contribution in [0.25, 0.3) is 22.3 Å². The molecule has 1 N–H and O–H groups in total. The van der Waals surface area contributed by atoms with Gasteiger partial charge in [-0.05, 0) is 144 Å². The molecule has 6 aliphatic rings. The highest BCUT2D eigenvalue weighted by Crippen LogP contribution is 2.49. The number of carbonyl (C=O) groups excluding carboxylic acids is 7. The highest BCUT2D eigenvalue weighted by molar-refractivity contribution is 9.11.